The van der Waals surface area contributed by atoms with Crippen LogP contribution in [-0.4, -0.2) is 47.4 Å². The van der Waals surface area contributed by atoms with Crippen LogP contribution in [0.3, 0.4) is 0 Å². The number of imide groups is 1. The molecule has 21 heavy (non-hydrogen) atoms. The smallest absolute Gasteiger partial charge is 0.358 e. The minimum atomic E-state index is -0.492. The van der Waals surface area contributed by atoms with E-state index >= 15 is 0 Å². The predicted octanol–water partition coefficient (Wildman–Crippen LogP) is 1.19. The molecule has 2 amide bonds. The first kappa shape index (κ1) is 15.4. The van der Waals surface area contributed by atoms with Gasteiger partial charge in [0.25, 0.3) is 5.91 Å². The molecule has 0 spiro atoms. The van der Waals surface area contributed by atoms with E-state index in [1.807, 2.05) is 0 Å². The molecule has 0 aromatic carbocycles. The molecule has 0 aliphatic carbocycles. The molecule has 0 radical (unpaired) electrons. The number of piperidine rings is 1. The molecule has 1 aromatic heterocycles. The lowest BCUT2D eigenvalue weighted by molar-refractivity contribution is -0.146. The fraction of sp³-hybridized carbons (Fsp3) is 0.538. The van der Waals surface area contributed by atoms with Crippen LogP contribution in [0.25, 0.3) is 0 Å². The van der Waals surface area contributed by atoms with Gasteiger partial charge < -0.3 is 10.1 Å². The average Bonchev–Trinajstić information content (AvgIpc) is 2.81. The van der Waals surface area contributed by atoms with Crippen molar-refractivity contribution in [1.82, 2.24) is 9.88 Å². The van der Waals surface area contributed by atoms with E-state index in [1.165, 1.54) is 18.4 Å². The highest BCUT2D eigenvalue weighted by Gasteiger charge is 2.32. The number of likely N-dealkylation sites (N-methyl/N-ethyl adjacent to an activating group) is 1. The largest absolute Gasteiger partial charge is 0.461 e. The molecule has 0 bridgehead atoms. The van der Waals surface area contributed by atoms with Crippen molar-refractivity contribution in [3.05, 3.63) is 10.6 Å². The van der Waals surface area contributed by atoms with E-state index in [1.54, 1.807) is 13.8 Å². The van der Waals surface area contributed by atoms with Gasteiger partial charge in [0, 0.05) is 18.3 Å². The number of hydrogen-bond acceptors (Lipinski definition) is 7. The van der Waals surface area contributed by atoms with Crippen molar-refractivity contribution < 1.29 is 19.1 Å². The molecule has 2 heterocycles. The molecule has 1 aliphatic heterocycles. The van der Waals surface area contributed by atoms with Crippen molar-refractivity contribution in [2.45, 2.75) is 32.7 Å². The molecule has 1 aromatic rings. The minimum absolute atomic E-state index is 0.180. The number of amides is 2. The number of aromatic nitrogens is 1. The first-order valence-corrected chi connectivity index (χ1v) is 7.47. The lowest BCUT2D eigenvalue weighted by Crippen LogP contribution is -2.48. The van der Waals surface area contributed by atoms with E-state index in [0.717, 1.165) is 9.78 Å². The van der Waals surface area contributed by atoms with Crippen LogP contribution in [0.4, 0.5) is 5.13 Å². The molecule has 1 fully saturated rings. The summed E-state index contributed by atoms with van der Waals surface area (Å²) in [4.78, 5) is 41.1. The maximum atomic E-state index is 12.0. The number of hydrogen-bond donors (Lipinski definition) is 1. The number of aryl methyl sites for hydroxylation is 1. The Balaban J connectivity index is 2.10. The number of carbonyl (C=O) groups excluding carboxylic acids is 3. The monoisotopic (exact) mass is 311 g/mol. The maximum Gasteiger partial charge on any atom is 0.358 e. The van der Waals surface area contributed by atoms with E-state index in [0.29, 0.717) is 18.0 Å². The molecule has 1 aliphatic rings. The van der Waals surface area contributed by atoms with Crippen molar-refractivity contribution in [3.8, 4) is 0 Å². The Labute approximate surface area is 126 Å². The molecule has 7 nitrogen and oxygen atoms in total. The molecule has 114 valence electrons. The van der Waals surface area contributed by atoms with Crippen molar-refractivity contribution in [2.75, 3.05) is 19.0 Å². The molecule has 0 saturated carbocycles. The zero-order valence-electron chi connectivity index (χ0n) is 12.1. The molecule has 1 saturated heterocycles. The zero-order valence-corrected chi connectivity index (χ0v) is 13.0. The summed E-state index contributed by atoms with van der Waals surface area (Å²) in [5, 5.41) is 3.48. The van der Waals surface area contributed by atoms with Crippen molar-refractivity contribution in [2.24, 2.45) is 0 Å². The third-order valence-corrected chi connectivity index (χ3v) is 4.11. The lowest BCUT2D eigenvalue weighted by atomic mass is 10.1. The summed E-state index contributed by atoms with van der Waals surface area (Å²) >= 11 is 1.29. The van der Waals surface area contributed by atoms with Gasteiger partial charge in [-0.1, -0.05) is 0 Å². The van der Waals surface area contributed by atoms with E-state index in [2.05, 4.69) is 10.3 Å². The minimum Gasteiger partial charge on any atom is -0.461 e. The molecule has 8 heteroatoms. The van der Waals surface area contributed by atoms with Crippen molar-refractivity contribution in [3.63, 3.8) is 0 Å². The SMILES string of the molecule is CCOC(=O)c1nc(NC2CCC(=O)N(C)C2=O)sc1C. The van der Waals surface area contributed by atoms with E-state index in [-0.39, 0.29) is 24.1 Å². The number of likely N-dealkylation sites (tertiary alicyclic amines) is 1. The molecule has 1 atom stereocenters. The number of thiazole rings is 1. The summed E-state index contributed by atoms with van der Waals surface area (Å²) < 4.78 is 4.92. The topological polar surface area (TPSA) is 88.6 Å². The normalized spacial score (nSPS) is 18.8. The molecular formula is C13H17N3O4S. The Bertz CT molecular complexity index is 584. The van der Waals surface area contributed by atoms with Gasteiger partial charge in [0.2, 0.25) is 5.91 Å². The van der Waals surface area contributed by atoms with E-state index in [9.17, 15) is 14.4 Å². The van der Waals surface area contributed by atoms with E-state index in [4.69, 9.17) is 4.74 Å². The maximum absolute atomic E-state index is 12.0. The summed E-state index contributed by atoms with van der Waals surface area (Å²) in [6, 6.07) is -0.492. The Hall–Kier alpha value is -1.96. The third-order valence-electron chi connectivity index (χ3n) is 3.21. The highest BCUT2D eigenvalue weighted by atomic mass is 32.1. The van der Waals surface area contributed by atoms with Gasteiger partial charge in [0.1, 0.15) is 6.04 Å². The summed E-state index contributed by atoms with van der Waals surface area (Å²) in [7, 11) is 1.47. The average molecular weight is 311 g/mol. The first-order valence-electron chi connectivity index (χ1n) is 6.65. The van der Waals surface area contributed by atoms with E-state index < -0.39 is 12.0 Å². The number of anilines is 1. The summed E-state index contributed by atoms with van der Waals surface area (Å²) in [5.41, 5.74) is 0.261. The number of rotatable bonds is 4. The second kappa shape index (κ2) is 6.21. The summed E-state index contributed by atoms with van der Waals surface area (Å²) in [6.45, 7) is 3.78. The van der Waals surface area contributed by atoms with Gasteiger partial charge in [0.05, 0.1) is 6.61 Å². The second-order valence-electron chi connectivity index (χ2n) is 4.67. The van der Waals surface area contributed by atoms with Gasteiger partial charge in [-0.25, -0.2) is 9.78 Å². The number of nitrogens with zero attached hydrogens (tertiary/aromatic N) is 2. The number of ether oxygens (including phenoxy) is 1. The molecule has 2 rings (SSSR count). The number of carbonyl (C=O) groups is 3. The van der Waals surface area contributed by atoms with Crippen LogP contribution in [0.1, 0.15) is 35.1 Å². The zero-order chi connectivity index (χ0) is 15.6. The molecule has 1 N–H and O–H groups in total. The van der Waals surface area contributed by atoms with Crippen LogP contribution in [0, 0.1) is 6.92 Å². The molecular weight excluding hydrogens is 294 g/mol. The Morgan fingerprint density at radius 1 is 1.52 bits per heavy atom. The number of nitrogens with one attached hydrogen (secondary N) is 1. The van der Waals surface area contributed by atoms with Crippen LogP contribution >= 0.6 is 11.3 Å². The van der Waals surface area contributed by atoms with Crippen LogP contribution in [0.5, 0.6) is 0 Å². The second-order valence-corrected chi connectivity index (χ2v) is 5.87. The van der Waals surface area contributed by atoms with Gasteiger partial charge in [0.15, 0.2) is 10.8 Å². The predicted molar refractivity (Wildman–Crippen MR) is 77.2 cm³/mol. The van der Waals surface area contributed by atoms with Crippen molar-refractivity contribution in [1.29, 1.82) is 0 Å². The highest BCUT2D eigenvalue weighted by Crippen LogP contribution is 2.25. The van der Waals surface area contributed by atoms with Crippen LogP contribution in [0.2, 0.25) is 0 Å². The fourth-order valence-corrected chi connectivity index (χ4v) is 2.90. The Morgan fingerprint density at radius 2 is 2.24 bits per heavy atom. The van der Waals surface area contributed by atoms with Crippen molar-refractivity contribution >= 4 is 34.3 Å². The Kier molecular flexibility index (Phi) is 4.56. The summed E-state index contributed by atoms with van der Waals surface area (Å²) in [5.74, 6) is -0.932. The highest BCUT2D eigenvalue weighted by molar-refractivity contribution is 7.15. The third kappa shape index (κ3) is 3.21. The fourth-order valence-electron chi connectivity index (χ4n) is 2.05. The van der Waals surface area contributed by atoms with Crippen LogP contribution in [0.15, 0.2) is 0 Å². The Morgan fingerprint density at radius 3 is 2.90 bits per heavy atom. The van der Waals surface area contributed by atoms with Gasteiger partial charge in [-0.05, 0) is 20.3 Å². The van der Waals surface area contributed by atoms with Crippen LogP contribution < -0.4 is 5.32 Å². The van der Waals surface area contributed by atoms with Gasteiger partial charge in [-0.15, -0.1) is 11.3 Å². The van der Waals surface area contributed by atoms with Crippen LogP contribution in [-0.2, 0) is 14.3 Å². The number of esters is 1. The van der Waals surface area contributed by atoms with Gasteiger partial charge >= 0.3 is 5.97 Å². The summed E-state index contributed by atoms with van der Waals surface area (Å²) in [6.07, 6.45) is 0.740. The van der Waals surface area contributed by atoms with Gasteiger partial charge in [-0.2, -0.15) is 0 Å². The standard InChI is InChI=1S/C13H17N3O4S/c1-4-20-12(19)10-7(2)21-13(15-10)14-8-5-6-9(17)16(3)11(8)18/h8H,4-6H2,1-3H3,(H,14,15). The molecule has 1 unspecified atom stereocenters. The lowest BCUT2D eigenvalue weighted by Gasteiger charge is -2.27. The quantitative estimate of drug-likeness (QED) is 0.663. The van der Waals surface area contributed by atoms with Gasteiger partial charge in [-0.3, -0.25) is 14.5 Å². The first-order chi connectivity index (χ1) is 9.93.